The summed E-state index contributed by atoms with van der Waals surface area (Å²) in [5, 5.41) is 18.9. The average Bonchev–Trinajstić information content (AvgIpc) is 3.16. The van der Waals surface area contributed by atoms with Crippen LogP contribution in [0.15, 0.2) is 24.3 Å². The minimum absolute atomic E-state index is 0.352. The van der Waals surface area contributed by atoms with Gasteiger partial charge in [-0.15, -0.1) is 0 Å². The Morgan fingerprint density at radius 3 is 1.42 bits per heavy atom. The molecule has 0 aliphatic carbocycles. The number of carbonyl (C=O) groups is 8. The van der Waals surface area contributed by atoms with Crippen molar-refractivity contribution < 1.29 is 48.6 Å². The maximum absolute atomic E-state index is 12.7. The van der Waals surface area contributed by atoms with Crippen LogP contribution in [-0.2, 0) is 38.4 Å². The number of rotatable bonds is 9. The Hall–Kier alpha value is -4.36. The first kappa shape index (κ1) is 22.9. The fourth-order valence-electron chi connectivity index (χ4n) is 2.63. The first-order chi connectivity index (χ1) is 14.5. The van der Waals surface area contributed by atoms with Crippen molar-refractivity contribution in [2.24, 2.45) is 0 Å². The van der Waals surface area contributed by atoms with E-state index in [-0.39, 0.29) is 0 Å². The van der Waals surface area contributed by atoms with Crippen molar-refractivity contribution in [2.45, 2.75) is 6.42 Å². The van der Waals surface area contributed by atoms with Gasteiger partial charge in [-0.1, -0.05) is 0 Å². The van der Waals surface area contributed by atoms with Gasteiger partial charge < -0.3 is 10.2 Å². The van der Waals surface area contributed by atoms with E-state index in [0.29, 0.717) is 19.8 Å². The number of amides is 6. The second-order valence-electron chi connectivity index (χ2n) is 6.20. The standard InChI is InChI=1S/C17H16N4O10/c22-10-1-2-11(23)18(10)7-14(26)20(6-5-16(28)29)21(9-17(30)31)15(27)8-19-12(24)3-4-13(19)25/h1-4H,5-9H2,(H,28,29)(H,30,31). The Labute approximate surface area is 173 Å². The Bertz CT molecular complexity index is 901. The van der Waals surface area contributed by atoms with Crippen LogP contribution in [0.2, 0.25) is 0 Å². The number of carboxylic acid groups (broad SMARTS) is 2. The fourth-order valence-corrected chi connectivity index (χ4v) is 2.63. The topological polar surface area (TPSA) is 190 Å². The molecule has 14 heteroatoms. The van der Waals surface area contributed by atoms with Gasteiger partial charge >= 0.3 is 11.9 Å². The van der Waals surface area contributed by atoms with E-state index in [2.05, 4.69) is 0 Å². The van der Waals surface area contributed by atoms with E-state index < -0.39 is 80.0 Å². The van der Waals surface area contributed by atoms with Gasteiger partial charge in [-0.25, -0.2) is 10.0 Å². The van der Waals surface area contributed by atoms with Gasteiger partial charge in [0.1, 0.15) is 19.6 Å². The van der Waals surface area contributed by atoms with Crippen LogP contribution < -0.4 is 0 Å². The lowest BCUT2D eigenvalue weighted by Gasteiger charge is -2.35. The van der Waals surface area contributed by atoms with Crippen LogP contribution in [-0.4, -0.2) is 104 Å². The fraction of sp³-hybridized carbons (Fsp3) is 0.294. The number of hydrogen-bond acceptors (Lipinski definition) is 8. The number of imide groups is 2. The van der Waals surface area contributed by atoms with Crippen LogP contribution in [0.4, 0.5) is 0 Å². The second kappa shape index (κ2) is 9.43. The van der Waals surface area contributed by atoms with Gasteiger partial charge in [-0.3, -0.25) is 48.2 Å². The van der Waals surface area contributed by atoms with E-state index in [9.17, 15) is 38.4 Å². The first-order valence-corrected chi connectivity index (χ1v) is 8.62. The Balaban J connectivity index is 2.27. The third-order valence-electron chi connectivity index (χ3n) is 4.08. The molecule has 2 heterocycles. The first-order valence-electron chi connectivity index (χ1n) is 8.62. The zero-order chi connectivity index (χ0) is 23.3. The zero-order valence-electron chi connectivity index (χ0n) is 15.8. The second-order valence-corrected chi connectivity index (χ2v) is 6.20. The van der Waals surface area contributed by atoms with Gasteiger partial charge in [-0.05, 0) is 0 Å². The van der Waals surface area contributed by atoms with Crippen LogP contribution in [0.5, 0.6) is 0 Å². The van der Waals surface area contributed by atoms with Gasteiger partial charge in [0.15, 0.2) is 0 Å². The average molecular weight is 436 g/mol. The van der Waals surface area contributed by atoms with E-state index in [1.165, 1.54) is 0 Å². The maximum atomic E-state index is 12.7. The molecule has 164 valence electrons. The van der Waals surface area contributed by atoms with Crippen molar-refractivity contribution in [3.05, 3.63) is 24.3 Å². The molecular weight excluding hydrogens is 420 g/mol. The largest absolute Gasteiger partial charge is 0.481 e. The summed E-state index contributed by atoms with van der Waals surface area (Å²) in [6, 6.07) is 0. The third kappa shape index (κ3) is 5.59. The van der Waals surface area contributed by atoms with Gasteiger partial charge in [0.2, 0.25) is 0 Å². The molecule has 6 amide bonds. The summed E-state index contributed by atoms with van der Waals surface area (Å²) in [4.78, 5) is 95.3. The van der Waals surface area contributed by atoms with Crippen LogP contribution in [0.1, 0.15) is 6.42 Å². The van der Waals surface area contributed by atoms with E-state index >= 15 is 0 Å². The lowest BCUT2D eigenvalue weighted by atomic mass is 10.3. The molecule has 0 spiro atoms. The van der Waals surface area contributed by atoms with E-state index in [0.717, 1.165) is 24.3 Å². The molecule has 0 aromatic heterocycles. The molecular formula is C17H16N4O10. The molecule has 14 nitrogen and oxygen atoms in total. The lowest BCUT2D eigenvalue weighted by Crippen LogP contribution is -2.57. The summed E-state index contributed by atoms with van der Waals surface area (Å²) in [7, 11) is 0. The van der Waals surface area contributed by atoms with E-state index in [1.807, 2.05) is 0 Å². The molecule has 0 saturated heterocycles. The molecule has 0 aromatic carbocycles. The van der Waals surface area contributed by atoms with Gasteiger partial charge in [0, 0.05) is 24.3 Å². The van der Waals surface area contributed by atoms with Crippen LogP contribution in [0, 0.1) is 0 Å². The predicted octanol–water partition coefficient (Wildman–Crippen LogP) is -3.03. The third-order valence-corrected chi connectivity index (χ3v) is 4.08. The highest BCUT2D eigenvalue weighted by Gasteiger charge is 2.35. The number of hydrazine groups is 1. The maximum Gasteiger partial charge on any atom is 0.325 e. The lowest BCUT2D eigenvalue weighted by molar-refractivity contribution is -0.172. The van der Waals surface area contributed by atoms with Crippen LogP contribution >= 0.6 is 0 Å². The van der Waals surface area contributed by atoms with E-state index in [4.69, 9.17) is 10.2 Å². The Morgan fingerprint density at radius 1 is 0.677 bits per heavy atom. The molecule has 31 heavy (non-hydrogen) atoms. The van der Waals surface area contributed by atoms with Crippen LogP contribution in [0.3, 0.4) is 0 Å². The van der Waals surface area contributed by atoms with Gasteiger partial charge in [0.05, 0.1) is 13.0 Å². The smallest absolute Gasteiger partial charge is 0.325 e. The minimum atomic E-state index is -1.59. The van der Waals surface area contributed by atoms with Gasteiger partial charge in [0.25, 0.3) is 35.4 Å². The minimum Gasteiger partial charge on any atom is -0.481 e. The number of aliphatic carboxylic acids is 2. The highest BCUT2D eigenvalue weighted by atomic mass is 16.4. The molecule has 0 unspecified atom stereocenters. The highest BCUT2D eigenvalue weighted by molar-refractivity contribution is 6.15. The molecule has 0 atom stereocenters. The van der Waals surface area contributed by atoms with E-state index in [1.54, 1.807) is 0 Å². The normalized spacial score (nSPS) is 15.1. The molecule has 0 aromatic rings. The van der Waals surface area contributed by atoms with Crippen molar-refractivity contribution in [3.8, 4) is 0 Å². The number of nitrogens with zero attached hydrogens (tertiary/aromatic N) is 4. The van der Waals surface area contributed by atoms with Crippen molar-refractivity contribution in [1.82, 2.24) is 19.8 Å². The molecule has 0 radical (unpaired) electrons. The monoisotopic (exact) mass is 436 g/mol. The Morgan fingerprint density at radius 2 is 1.06 bits per heavy atom. The molecule has 2 rings (SSSR count). The number of carbonyl (C=O) groups excluding carboxylic acids is 6. The Kier molecular flexibility index (Phi) is 6.97. The predicted molar refractivity (Wildman–Crippen MR) is 95.0 cm³/mol. The number of carboxylic acids is 2. The number of hydrogen-bond donors (Lipinski definition) is 2. The summed E-state index contributed by atoms with van der Waals surface area (Å²) >= 11 is 0. The molecule has 0 saturated carbocycles. The molecule has 2 N–H and O–H groups in total. The molecule has 2 aliphatic heterocycles. The summed E-state index contributed by atoms with van der Waals surface area (Å²) in [6.45, 7) is -3.61. The highest BCUT2D eigenvalue weighted by Crippen LogP contribution is 2.10. The van der Waals surface area contributed by atoms with Crippen molar-refractivity contribution in [1.29, 1.82) is 0 Å². The zero-order valence-corrected chi connectivity index (χ0v) is 15.8. The van der Waals surface area contributed by atoms with Crippen molar-refractivity contribution >= 4 is 47.4 Å². The molecule has 0 bridgehead atoms. The van der Waals surface area contributed by atoms with Crippen molar-refractivity contribution in [2.75, 3.05) is 26.2 Å². The molecule has 0 fully saturated rings. The summed E-state index contributed by atoms with van der Waals surface area (Å²) in [6.07, 6.45) is 2.87. The summed E-state index contributed by atoms with van der Waals surface area (Å²) < 4.78 is 0. The van der Waals surface area contributed by atoms with Gasteiger partial charge in [-0.2, -0.15) is 0 Å². The summed E-state index contributed by atoms with van der Waals surface area (Å²) in [5.74, 6) is -8.60. The van der Waals surface area contributed by atoms with Crippen molar-refractivity contribution in [3.63, 3.8) is 0 Å². The summed E-state index contributed by atoms with van der Waals surface area (Å²) in [5.41, 5.74) is 0. The molecule has 2 aliphatic rings. The SMILES string of the molecule is O=C(O)CCN(C(=O)CN1C(=O)C=CC1=O)N(CC(=O)O)C(=O)CN1C(=O)C=CC1=O. The van der Waals surface area contributed by atoms with Crippen LogP contribution in [0.25, 0.3) is 0 Å². The quantitative estimate of drug-likeness (QED) is 0.278.